The largest absolute Gasteiger partial charge is 0.422 e. The van der Waals surface area contributed by atoms with E-state index in [2.05, 4.69) is 31.1 Å². The van der Waals surface area contributed by atoms with Crippen molar-refractivity contribution < 1.29 is 4.74 Å². The van der Waals surface area contributed by atoms with Crippen LogP contribution in [0.2, 0.25) is 0 Å². The quantitative estimate of drug-likeness (QED) is 0.420. The number of rotatable bonds is 4. The van der Waals surface area contributed by atoms with E-state index in [1.54, 1.807) is 42.7 Å². The SMILES string of the molecule is Cn1nc(-c2cncnc2)c2c1OC(N)=C(C#N)C2c1ccc(-n2ccnc2-c2ccncc2)cc1. The predicted molar refractivity (Wildman–Crippen MR) is 130 cm³/mol. The Morgan fingerprint density at radius 1 is 0.972 bits per heavy atom. The number of fused-ring (bicyclic) bond motifs is 1. The van der Waals surface area contributed by atoms with E-state index in [0.717, 1.165) is 33.8 Å². The van der Waals surface area contributed by atoms with Crippen molar-refractivity contribution in [1.29, 1.82) is 5.26 Å². The van der Waals surface area contributed by atoms with Crippen molar-refractivity contribution in [2.45, 2.75) is 5.92 Å². The van der Waals surface area contributed by atoms with Gasteiger partial charge in [0.05, 0.1) is 11.5 Å². The molecule has 0 aliphatic carbocycles. The van der Waals surface area contributed by atoms with Gasteiger partial charge in [0.25, 0.3) is 0 Å². The number of allylic oxidation sites excluding steroid dienone is 1. The Bertz CT molecular complexity index is 1630. The van der Waals surface area contributed by atoms with Crippen LogP contribution in [0.25, 0.3) is 28.3 Å². The summed E-state index contributed by atoms with van der Waals surface area (Å²) in [6.07, 6.45) is 12.0. The number of ether oxygens (including phenoxy) is 1. The summed E-state index contributed by atoms with van der Waals surface area (Å²) in [6.45, 7) is 0. The van der Waals surface area contributed by atoms with Gasteiger partial charge in [-0.15, -0.1) is 0 Å². The minimum absolute atomic E-state index is 0.0625. The second kappa shape index (κ2) is 8.48. The van der Waals surface area contributed by atoms with Gasteiger partial charge in [0.2, 0.25) is 11.8 Å². The highest BCUT2D eigenvalue weighted by molar-refractivity contribution is 5.70. The summed E-state index contributed by atoms with van der Waals surface area (Å²) in [5.74, 6) is 0.875. The maximum atomic E-state index is 10.0. The molecule has 5 heterocycles. The van der Waals surface area contributed by atoms with Gasteiger partial charge in [-0.05, 0) is 29.8 Å². The maximum Gasteiger partial charge on any atom is 0.224 e. The molecular weight excluding hydrogens is 454 g/mol. The van der Waals surface area contributed by atoms with Crippen LogP contribution in [0.4, 0.5) is 0 Å². The van der Waals surface area contributed by atoms with E-state index >= 15 is 0 Å². The topological polar surface area (TPSA) is 133 Å². The van der Waals surface area contributed by atoms with E-state index in [-0.39, 0.29) is 5.88 Å². The predicted octanol–water partition coefficient (Wildman–Crippen LogP) is 3.34. The number of imidazole rings is 1. The first-order chi connectivity index (χ1) is 17.7. The fourth-order valence-corrected chi connectivity index (χ4v) is 4.49. The summed E-state index contributed by atoms with van der Waals surface area (Å²) in [5, 5.41) is 14.7. The Morgan fingerprint density at radius 2 is 1.72 bits per heavy atom. The lowest BCUT2D eigenvalue weighted by molar-refractivity contribution is 0.358. The average Bonchev–Trinajstić information content (AvgIpc) is 3.54. The molecule has 5 aromatic rings. The molecule has 0 saturated carbocycles. The molecule has 6 rings (SSSR count). The summed E-state index contributed by atoms with van der Waals surface area (Å²) in [6, 6.07) is 14.0. The highest BCUT2D eigenvalue weighted by Gasteiger charge is 2.36. The third-order valence-electron chi connectivity index (χ3n) is 6.12. The Balaban J connectivity index is 1.46. The van der Waals surface area contributed by atoms with Crippen LogP contribution < -0.4 is 10.5 Å². The minimum Gasteiger partial charge on any atom is -0.422 e. The number of hydrogen-bond donors (Lipinski definition) is 1. The smallest absolute Gasteiger partial charge is 0.224 e. The first-order valence-corrected chi connectivity index (χ1v) is 11.1. The average molecular weight is 474 g/mol. The first-order valence-electron chi connectivity index (χ1n) is 11.1. The van der Waals surface area contributed by atoms with Crippen LogP contribution in [0.15, 0.2) is 91.4 Å². The fraction of sp³-hybridized carbons (Fsp3) is 0.0769. The number of nitrogens with two attached hydrogens (primary N) is 1. The summed E-state index contributed by atoms with van der Waals surface area (Å²) in [5.41, 5.74) is 11.4. The molecule has 10 nitrogen and oxygen atoms in total. The molecule has 36 heavy (non-hydrogen) atoms. The monoisotopic (exact) mass is 473 g/mol. The molecule has 0 bridgehead atoms. The third-order valence-corrected chi connectivity index (χ3v) is 6.12. The first kappa shape index (κ1) is 21.2. The van der Waals surface area contributed by atoms with Gasteiger partial charge < -0.3 is 10.5 Å². The zero-order valence-corrected chi connectivity index (χ0v) is 19.1. The van der Waals surface area contributed by atoms with Crippen molar-refractivity contribution in [3.05, 3.63) is 102 Å². The number of hydrogen-bond acceptors (Lipinski definition) is 8. The lowest BCUT2D eigenvalue weighted by Crippen LogP contribution is -2.21. The van der Waals surface area contributed by atoms with E-state index in [1.165, 1.54) is 6.33 Å². The van der Waals surface area contributed by atoms with E-state index in [9.17, 15) is 5.26 Å². The van der Waals surface area contributed by atoms with E-state index in [4.69, 9.17) is 10.5 Å². The molecule has 4 aromatic heterocycles. The number of aryl methyl sites for hydroxylation is 1. The van der Waals surface area contributed by atoms with Crippen LogP contribution in [0.1, 0.15) is 17.0 Å². The number of nitriles is 1. The van der Waals surface area contributed by atoms with E-state index in [0.29, 0.717) is 17.1 Å². The van der Waals surface area contributed by atoms with Gasteiger partial charge in [0, 0.05) is 61.0 Å². The summed E-state index contributed by atoms with van der Waals surface area (Å²) < 4.78 is 9.46. The van der Waals surface area contributed by atoms with Gasteiger partial charge >= 0.3 is 0 Å². The molecular formula is C26H19N9O. The number of aromatic nitrogens is 7. The summed E-state index contributed by atoms with van der Waals surface area (Å²) in [4.78, 5) is 16.9. The lowest BCUT2D eigenvalue weighted by atomic mass is 9.83. The minimum atomic E-state index is -0.473. The maximum absolute atomic E-state index is 10.0. The third kappa shape index (κ3) is 3.38. The number of pyridine rings is 1. The van der Waals surface area contributed by atoms with Gasteiger partial charge in [0.15, 0.2) is 0 Å². The van der Waals surface area contributed by atoms with Crippen LogP contribution in [-0.2, 0) is 7.05 Å². The van der Waals surface area contributed by atoms with Crippen molar-refractivity contribution in [1.82, 2.24) is 34.3 Å². The molecule has 174 valence electrons. The molecule has 1 unspecified atom stereocenters. The van der Waals surface area contributed by atoms with Crippen molar-refractivity contribution >= 4 is 0 Å². The molecule has 1 aromatic carbocycles. The van der Waals surface area contributed by atoms with Crippen LogP contribution in [0, 0.1) is 11.3 Å². The van der Waals surface area contributed by atoms with Gasteiger partial charge in [-0.1, -0.05) is 12.1 Å². The van der Waals surface area contributed by atoms with Gasteiger partial charge in [-0.3, -0.25) is 9.55 Å². The Labute approximate surface area is 206 Å². The molecule has 0 radical (unpaired) electrons. The molecule has 10 heteroatoms. The molecule has 1 aliphatic rings. The highest BCUT2D eigenvalue weighted by atomic mass is 16.5. The van der Waals surface area contributed by atoms with E-state index in [1.807, 2.05) is 47.2 Å². The second-order valence-electron chi connectivity index (χ2n) is 8.19. The molecule has 1 atom stereocenters. The zero-order chi connectivity index (χ0) is 24.6. The van der Waals surface area contributed by atoms with Crippen LogP contribution in [0.3, 0.4) is 0 Å². The normalized spacial score (nSPS) is 14.7. The summed E-state index contributed by atoms with van der Waals surface area (Å²) in [7, 11) is 1.77. The molecule has 0 saturated heterocycles. The number of benzene rings is 1. The molecule has 2 N–H and O–H groups in total. The van der Waals surface area contributed by atoms with Crippen molar-refractivity contribution in [2.75, 3.05) is 0 Å². The molecule has 1 aliphatic heterocycles. The summed E-state index contributed by atoms with van der Waals surface area (Å²) >= 11 is 0. The van der Waals surface area contributed by atoms with Crippen molar-refractivity contribution in [3.63, 3.8) is 0 Å². The van der Waals surface area contributed by atoms with Crippen molar-refractivity contribution in [2.24, 2.45) is 12.8 Å². The second-order valence-corrected chi connectivity index (χ2v) is 8.19. The van der Waals surface area contributed by atoms with Crippen LogP contribution in [0.5, 0.6) is 5.88 Å². The molecule has 0 fully saturated rings. The number of nitrogens with zero attached hydrogens (tertiary/aromatic N) is 8. The Morgan fingerprint density at radius 3 is 2.44 bits per heavy atom. The van der Waals surface area contributed by atoms with Crippen molar-refractivity contribution in [3.8, 4) is 40.3 Å². The van der Waals surface area contributed by atoms with E-state index < -0.39 is 5.92 Å². The van der Waals surface area contributed by atoms with Gasteiger partial charge in [0.1, 0.15) is 29.5 Å². The standard InChI is InChI=1S/C26H19N9O/c1-34-26-22(23(33-34)18-13-30-15-31-14-18)21(20(12-27)24(28)36-26)16-2-4-19(5-3-16)35-11-10-32-25(35)17-6-8-29-9-7-17/h2-11,13-15,21H,28H2,1H3. The molecule has 0 amide bonds. The fourth-order valence-electron chi connectivity index (χ4n) is 4.49. The molecule has 0 spiro atoms. The van der Waals surface area contributed by atoms with Crippen LogP contribution in [-0.4, -0.2) is 34.3 Å². The lowest BCUT2D eigenvalue weighted by Gasteiger charge is -2.25. The Kier molecular flexibility index (Phi) is 5.01. The zero-order valence-electron chi connectivity index (χ0n) is 19.1. The highest BCUT2D eigenvalue weighted by Crippen LogP contribution is 2.46. The Hall–Kier alpha value is -5.30. The van der Waals surface area contributed by atoms with Crippen LogP contribution >= 0.6 is 0 Å². The van der Waals surface area contributed by atoms with Gasteiger partial charge in [-0.25, -0.2) is 19.6 Å². The van der Waals surface area contributed by atoms with Gasteiger partial charge in [-0.2, -0.15) is 10.4 Å².